The van der Waals surface area contributed by atoms with Gasteiger partial charge in [0.1, 0.15) is 6.61 Å². The van der Waals surface area contributed by atoms with Crippen LogP contribution in [0.4, 0.5) is 0 Å². The van der Waals surface area contributed by atoms with E-state index in [4.69, 9.17) is 13.7 Å². The van der Waals surface area contributed by atoms with Crippen molar-refractivity contribution in [2.24, 2.45) is 17.0 Å². The zero-order valence-corrected chi connectivity index (χ0v) is 28.0. The van der Waals surface area contributed by atoms with Gasteiger partial charge in [-0.05, 0) is 84.4 Å². The molecule has 0 heterocycles. The van der Waals surface area contributed by atoms with Crippen molar-refractivity contribution in [3.63, 3.8) is 0 Å². The molecule has 0 amide bonds. The standard InChI is InChI=1S/C31H57NO4Si2/c1-10-12-18-24-31(3,36-38(7,8)9)25-23-27-21-22-29(32-34-26-13-11-2)28(27)19-16-14-15-17-20-30(33)35-37(4,5)6/h14,16,21-23,25,27-28H,10-13,15,17-20,24,26H2,1-9H3/b16-14-,25-23+,32-29?/t27-,28-,31+/m1/s1. The molecule has 38 heavy (non-hydrogen) atoms. The first-order valence-corrected chi connectivity index (χ1v) is 21.7. The molecule has 0 bridgehead atoms. The monoisotopic (exact) mass is 563 g/mol. The van der Waals surface area contributed by atoms with Crippen LogP contribution in [0.5, 0.6) is 0 Å². The van der Waals surface area contributed by atoms with Gasteiger partial charge in [-0.15, -0.1) is 0 Å². The first kappa shape index (κ1) is 34.6. The van der Waals surface area contributed by atoms with Gasteiger partial charge in [0, 0.05) is 18.3 Å². The summed E-state index contributed by atoms with van der Waals surface area (Å²) in [5, 5.41) is 4.51. The van der Waals surface area contributed by atoms with Crippen LogP contribution in [-0.2, 0) is 18.5 Å². The lowest BCUT2D eigenvalue weighted by Crippen LogP contribution is -2.39. The molecule has 0 fully saturated rings. The highest BCUT2D eigenvalue weighted by Gasteiger charge is 2.31. The molecule has 0 saturated carbocycles. The maximum Gasteiger partial charge on any atom is 0.292 e. The topological polar surface area (TPSA) is 57.1 Å². The van der Waals surface area contributed by atoms with Crippen molar-refractivity contribution < 1.29 is 18.5 Å². The van der Waals surface area contributed by atoms with Gasteiger partial charge in [-0.3, -0.25) is 4.79 Å². The van der Waals surface area contributed by atoms with E-state index < -0.39 is 16.6 Å². The zero-order valence-electron chi connectivity index (χ0n) is 26.0. The van der Waals surface area contributed by atoms with Gasteiger partial charge in [0.25, 0.3) is 5.97 Å². The molecule has 218 valence electrons. The van der Waals surface area contributed by atoms with Crippen LogP contribution in [-0.4, -0.2) is 40.5 Å². The Bertz CT molecular complexity index is 808. The summed E-state index contributed by atoms with van der Waals surface area (Å²) in [5.74, 6) is 0.437. The van der Waals surface area contributed by atoms with Crippen LogP contribution in [0.25, 0.3) is 0 Å². The van der Waals surface area contributed by atoms with E-state index in [1.165, 1.54) is 19.3 Å². The minimum Gasteiger partial charge on any atom is -0.520 e. The third-order valence-electron chi connectivity index (χ3n) is 6.31. The molecule has 1 aliphatic carbocycles. The number of carbonyl (C=O) groups excluding carboxylic acids is 1. The number of allylic oxidation sites excluding steroid dienone is 5. The molecule has 0 saturated heterocycles. The van der Waals surface area contributed by atoms with Gasteiger partial charge in [-0.1, -0.05) is 75.1 Å². The van der Waals surface area contributed by atoms with Gasteiger partial charge in [0.15, 0.2) is 8.32 Å². The molecule has 7 heteroatoms. The first-order valence-electron chi connectivity index (χ1n) is 14.9. The highest BCUT2D eigenvalue weighted by Crippen LogP contribution is 2.32. The molecular weight excluding hydrogens is 507 g/mol. The summed E-state index contributed by atoms with van der Waals surface area (Å²) < 4.78 is 12.2. The second-order valence-corrected chi connectivity index (χ2v) is 21.6. The summed E-state index contributed by atoms with van der Waals surface area (Å²) >= 11 is 0. The Kier molecular flexibility index (Phi) is 15.7. The second kappa shape index (κ2) is 17.3. The summed E-state index contributed by atoms with van der Waals surface area (Å²) in [6, 6.07) is 0. The van der Waals surface area contributed by atoms with E-state index in [-0.39, 0.29) is 23.4 Å². The predicted octanol–water partition coefficient (Wildman–Crippen LogP) is 9.20. The van der Waals surface area contributed by atoms with E-state index in [2.05, 4.69) is 82.0 Å². The summed E-state index contributed by atoms with van der Waals surface area (Å²) in [6.45, 7) is 20.2. The largest absolute Gasteiger partial charge is 0.520 e. The van der Waals surface area contributed by atoms with Crippen molar-refractivity contribution in [2.75, 3.05) is 6.61 Å². The van der Waals surface area contributed by atoms with Gasteiger partial charge in [0.05, 0.1) is 11.3 Å². The molecule has 0 spiro atoms. The quantitative estimate of drug-likeness (QED) is 0.0680. The number of hydrogen-bond acceptors (Lipinski definition) is 5. The Labute approximate surface area is 236 Å². The molecule has 0 unspecified atom stereocenters. The molecule has 0 aromatic carbocycles. The van der Waals surface area contributed by atoms with Crippen molar-refractivity contribution >= 4 is 28.3 Å². The van der Waals surface area contributed by atoms with Crippen molar-refractivity contribution in [3.05, 3.63) is 36.5 Å². The lowest BCUT2D eigenvalue weighted by atomic mass is 9.88. The van der Waals surface area contributed by atoms with Gasteiger partial charge in [0.2, 0.25) is 8.32 Å². The van der Waals surface area contributed by atoms with E-state index in [1.54, 1.807) is 0 Å². The minimum absolute atomic E-state index is 0.0658. The first-order chi connectivity index (χ1) is 17.8. The van der Waals surface area contributed by atoms with Gasteiger partial charge in [-0.25, -0.2) is 0 Å². The number of hydrogen-bond donors (Lipinski definition) is 0. The smallest absolute Gasteiger partial charge is 0.292 e. The van der Waals surface area contributed by atoms with Gasteiger partial charge >= 0.3 is 0 Å². The molecule has 0 N–H and O–H groups in total. The Morgan fingerprint density at radius 2 is 1.71 bits per heavy atom. The normalized spacial score (nSPS) is 21.0. The summed E-state index contributed by atoms with van der Waals surface area (Å²) in [7, 11) is -3.50. The fourth-order valence-corrected chi connectivity index (χ4v) is 6.95. The van der Waals surface area contributed by atoms with E-state index in [0.717, 1.165) is 44.2 Å². The minimum atomic E-state index is -1.80. The van der Waals surface area contributed by atoms with Gasteiger partial charge < -0.3 is 13.7 Å². The van der Waals surface area contributed by atoms with Crippen molar-refractivity contribution in [2.45, 2.75) is 130 Å². The van der Waals surface area contributed by atoms with Crippen LogP contribution < -0.4 is 0 Å². The van der Waals surface area contributed by atoms with E-state index in [1.807, 2.05) is 19.6 Å². The lowest BCUT2D eigenvalue weighted by Gasteiger charge is -2.34. The maximum absolute atomic E-state index is 12.0. The van der Waals surface area contributed by atoms with Gasteiger partial charge in [-0.2, -0.15) is 0 Å². The van der Waals surface area contributed by atoms with E-state index in [0.29, 0.717) is 13.0 Å². The zero-order chi connectivity index (χ0) is 28.7. The third kappa shape index (κ3) is 15.8. The molecule has 0 aromatic rings. The van der Waals surface area contributed by atoms with Crippen molar-refractivity contribution in [1.29, 1.82) is 0 Å². The van der Waals surface area contributed by atoms with Crippen LogP contribution in [0, 0.1) is 11.8 Å². The molecular formula is C31H57NO4Si2. The number of nitrogens with zero attached hydrogens (tertiary/aromatic N) is 1. The van der Waals surface area contributed by atoms with Crippen LogP contribution >= 0.6 is 0 Å². The third-order valence-corrected chi connectivity index (χ3v) is 8.23. The fourth-order valence-electron chi connectivity index (χ4n) is 4.59. The van der Waals surface area contributed by atoms with E-state index in [9.17, 15) is 4.79 Å². The summed E-state index contributed by atoms with van der Waals surface area (Å²) in [4.78, 5) is 17.6. The SMILES string of the molecule is CCCCC[C@@](C)(/C=C/[C@H]1C=CC(=NOCCCC)[C@@H]1C/C=C\CCCC(=O)O[Si](C)(C)C)O[Si](C)(C)C. The van der Waals surface area contributed by atoms with Crippen LogP contribution in [0.3, 0.4) is 0 Å². The fraction of sp³-hybridized carbons (Fsp3) is 0.742. The van der Waals surface area contributed by atoms with E-state index >= 15 is 0 Å². The Hall–Kier alpha value is -1.45. The molecule has 0 aliphatic heterocycles. The molecule has 1 rings (SSSR count). The highest BCUT2D eigenvalue weighted by atomic mass is 28.4. The Balaban J connectivity index is 2.88. The Morgan fingerprint density at radius 3 is 2.34 bits per heavy atom. The number of unbranched alkanes of at least 4 members (excludes halogenated alkanes) is 4. The molecule has 5 nitrogen and oxygen atoms in total. The second-order valence-electron chi connectivity index (χ2n) is 12.8. The van der Waals surface area contributed by atoms with Crippen LogP contribution in [0.1, 0.15) is 85.0 Å². The number of carbonyl (C=O) groups is 1. The van der Waals surface area contributed by atoms with Crippen LogP contribution in [0.15, 0.2) is 41.6 Å². The molecule has 1 aliphatic rings. The average molecular weight is 564 g/mol. The van der Waals surface area contributed by atoms with Crippen molar-refractivity contribution in [1.82, 2.24) is 0 Å². The average Bonchev–Trinajstić information content (AvgIpc) is 3.17. The maximum atomic E-state index is 12.0. The lowest BCUT2D eigenvalue weighted by molar-refractivity contribution is -0.135. The molecule has 0 radical (unpaired) electrons. The highest BCUT2D eigenvalue weighted by molar-refractivity contribution is 6.71. The number of oxime groups is 1. The summed E-state index contributed by atoms with van der Waals surface area (Å²) in [6.07, 6.45) is 23.3. The predicted molar refractivity (Wildman–Crippen MR) is 168 cm³/mol. The molecule has 0 aromatic heterocycles. The van der Waals surface area contributed by atoms with Crippen molar-refractivity contribution in [3.8, 4) is 0 Å². The summed E-state index contributed by atoms with van der Waals surface area (Å²) in [5.41, 5.74) is 0.772. The Morgan fingerprint density at radius 1 is 1.00 bits per heavy atom. The van der Waals surface area contributed by atoms with Crippen LogP contribution in [0.2, 0.25) is 39.3 Å². The molecule has 3 atom stereocenters. The number of rotatable bonds is 19.